The van der Waals surface area contributed by atoms with Crippen LogP contribution in [-0.4, -0.2) is 63.2 Å². The summed E-state index contributed by atoms with van der Waals surface area (Å²) in [5.41, 5.74) is 54.1. The van der Waals surface area contributed by atoms with Crippen molar-refractivity contribution in [2.45, 2.75) is 185 Å². The summed E-state index contributed by atoms with van der Waals surface area (Å²) in [6, 6.07) is 24.4. The van der Waals surface area contributed by atoms with Gasteiger partial charge in [0.15, 0.2) is 11.4 Å². The van der Waals surface area contributed by atoms with Crippen LogP contribution in [0.2, 0.25) is 0 Å². The van der Waals surface area contributed by atoms with Crippen LogP contribution in [-0.2, 0) is 28.5 Å². The molecule has 3 aliphatic rings. The molecule has 13 rings (SSSR count). The summed E-state index contributed by atoms with van der Waals surface area (Å²) in [5, 5.41) is 32.2. The van der Waals surface area contributed by atoms with Gasteiger partial charge in [-0.05, 0) is 408 Å². The van der Waals surface area contributed by atoms with Crippen molar-refractivity contribution in [1.29, 1.82) is 10.5 Å². The van der Waals surface area contributed by atoms with E-state index in [1.807, 2.05) is 6.07 Å². The van der Waals surface area contributed by atoms with Crippen LogP contribution in [0.5, 0.6) is 0 Å². The number of rotatable bonds is 5. The molecule has 0 aromatic heterocycles. The summed E-state index contributed by atoms with van der Waals surface area (Å²) in [5.74, 6) is -1.05. The third kappa shape index (κ3) is 16.0. The summed E-state index contributed by atoms with van der Waals surface area (Å²) < 4.78 is 37.4. The molecule has 1 N–H and O–H groups in total. The maximum absolute atomic E-state index is 13.0. The van der Waals surface area contributed by atoms with Crippen molar-refractivity contribution in [2.24, 2.45) is 0 Å². The Balaban J connectivity index is 0.000000247. The van der Waals surface area contributed by atoms with Crippen LogP contribution in [0.1, 0.15) is 178 Å². The van der Waals surface area contributed by atoms with Gasteiger partial charge in [0, 0.05) is 42.0 Å². The van der Waals surface area contributed by atoms with E-state index in [9.17, 15) is 14.0 Å². The van der Waals surface area contributed by atoms with Crippen molar-refractivity contribution >= 4 is 128 Å². The van der Waals surface area contributed by atoms with Crippen molar-refractivity contribution in [2.75, 3.05) is 15.1 Å². The van der Waals surface area contributed by atoms with E-state index in [0.717, 1.165) is 53.9 Å². The second kappa shape index (κ2) is 36.0. The van der Waals surface area contributed by atoms with Crippen molar-refractivity contribution in [3.05, 3.63) is 285 Å². The summed E-state index contributed by atoms with van der Waals surface area (Å²) in [7, 11) is -3.15. The Hall–Kier alpha value is -5.69. The summed E-state index contributed by atoms with van der Waals surface area (Å²) in [6.45, 7) is 69.6. The van der Waals surface area contributed by atoms with Crippen LogP contribution in [0.4, 0.5) is 65.7 Å². The molecule has 0 radical (unpaired) electrons. The van der Waals surface area contributed by atoms with Crippen LogP contribution in [0.15, 0.2) is 72.8 Å². The van der Waals surface area contributed by atoms with E-state index in [1.54, 1.807) is 0 Å². The van der Waals surface area contributed by atoms with Gasteiger partial charge in [-0.2, -0.15) is 10.5 Å². The van der Waals surface area contributed by atoms with Gasteiger partial charge >= 0.3 is 123 Å². The number of nitrogens with zero attached hydrogens (tertiary/aromatic N) is 6. The van der Waals surface area contributed by atoms with Crippen molar-refractivity contribution in [3.8, 4) is 34.4 Å². The van der Waals surface area contributed by atoms with Gasteiger partial charge in [0.05, 0.1) is 59.2 Å². The Bertz CT molecular complexity index is 5080. The molecule has 0 saturated carbocycles. The zero-order chi connectivity index (χ0) is 79.3. The number of hydrogen-bond donors (Lipinski definition) is 1. The Morgan fingerprint density at radius 3 is 0.972 bits per heavy atom. The molecule has 536 valence electrons. The van der Waals surface area contributed by atoms with Gasteiger partial charge in [-0.15, -0.1) is 0 Å². The van der Waals surface area contributed by atoms with Gasteiger partial charge in [-0.3, -0.25) is 0 Å². The number of halogens is 2. The zero-order valence-corrected chi connectivity index (χ0v) is 78.3. The molecular formula is C91H91F2K3N7O4P. The molecule has 10 aromatic rings. The first-order valence-corrected chi connectivity index (χ1v) is 53.4. The number of anilines is 8. The van der Waals surface area contributed by atoms with Gasteiger partial charge in [-0.1, -0.05) is 24.3 Å². The standard InChI is InChI=1S/C56H58N4.C21H27N.C14H6F2N2.3K.HO4P/c1-27-31(5)39(13)53-48(35(27)9)24-49-36(10)28(2)32(6)40(14)54(49)59(53)44-18-20-46(43(22-44)26-57)47-21-19-45(23-52(47)58-17)60-55-41(15)33(7)29(3)37(11)50(55)25-51-38(12)30(4)34(8)42(16)56(51)60;1-10-12(3)16(7)20-18(14(10)5)9-19-15(6)11(2)13(4)17(8)21(19)22-20;1-18-14-7-11(16)3-5-13(14)12-4-2-10(15)6-9(12)8-17;;;;1-4-5(2)3/h18-23H,24-25H2,1-16H3;22H,9H2,1-8H3;2-7H;;;;1H/q;;;;;+1;/p-1. The van der Waals surface area contributed by atoms with Crippen molar-refractivity contribution in [1.82, 2.24) is 0 Å². The van der Waals surface area contributed by atoms with Crippen LogP contribution in [0, 0.1) is 214 Å². The van der Waals surface area contributed by atoms with Gasteiger partial charge < -0.3 is 25.3 Å². The molecule has 17 heteroatoms. The molecule has 0 saturated heterocycles. The third-order valence-electron chi connectivity index (χ3n) is 24.5. The zero-order valence-electron chi connectivity index (χ0n) is 68.1. The van der Waals surface area contributed by atoms with Crippen molar-refractivity contribution in [3.63, 3.8) is 0 Å². The van der Waals surface area contributed by atoms with Crippen LogP contribution in [0.25, 0.3) is 31.9 Å². The Kier molecular flexibility index (Phi) is 29.3. The molecule has 1 atom stereocenters. The van der Waals surface area contributed by atoms with E-state index >= 15 is 0 Å². The van der Waals surface area contributed by atoms with E-state index in [0.29, 0.717) is 22.4 Å². The molecule has 108 heavy (non-hydrogen) atoms. The van der Waals surface area contributed by atoms with Crippen LogP contribution >= 0.6 is 8.25 Å². The molecule has 0 spiro atoms. The normalized spacial score (nSPS) is 11.9. The molecule has 0 aliphatic carbocycles. The first-order chi connectivity index (χ1) is 50.5. The number of hydrogen-bond acceptors (Lipinski definition) is 9. The topological polar surface area (TPSA) is 147 Å². The predicted molar refractivity (Wildman–Crippen MR) is 433 cm³/mol. The average Bonchev–Trinajstić information content (AvgIpc) is 0.735. The average molecular weight is 1530 g/mol. The van der Waals surface area contributed by atoms with Gasteiger partial charge in [0.1, 0.15) is 11.6 Å². The Labute approximate surface area is 727 Å². The van der Waals surface area contributed by atoms with E-state index in [4.69, 9.17) is 33.1 Å². The minimum atomic E-state index is -3.15. The number of fused-ring (bicyclic) bond motifs is 6. The number of nitriles is 2. The molecular weight excluding hydrogens is 1440 g/mol. The first kappa shape index (κ1) is 87.9. The molecule has 0 amide bonds. The summed E-state index contributed by atoms with van der Waals surface area (Å²) in [6.07, 6.45) is 2.82. The van der Waals surface area contributed by atoms with E-state index < -0.39 is 19.9 Å². The number of nitrogens with one attached hydrogen (secondary N) is 1. The first-order valence-electron chi connectivity index (χ1n) is 36.3. The minimum absolute atomic E-state index is 0. The fraction of sp³-hybridized carbons (Fsp3) is 0.297. The van der Waals surface area contributed by atoms with Gasteiger partial charge in [0.25, 0.3) is 0 Å². The predicted octanol–water partition coefficient (Wildman–Crippen LogP) is 19.9. The van der Waals surface area contributed by atoms with Crippen LogP contribution in [0.3, 0.4) is 0 Å². The van der Waals surface area contributed by atoms with Crippen LogP contribution < -0.4 is 76.7 Å². The maximum atomic E-state index is 13.0. The fourth-order valence-corrected chi connectivity index (χ4v) is 16.2. The monoisotopic (exact) mass is 1530 g/mol. The van der Waals surface area contributed by atoms with E-state index in [1.165, 1.54) is 288 Å². The van der Waals surface area contributed by atoms with E-state index in [-0.39, 0.29) is 62.6 Å². The van der Waals surface area contributed by atoms with Gasteiger partial charge in [0.2, 0.25) is 0 Å². The molecule has 11 nitrogen and oxygen atoms in total. The molecule has 3 heterocycles. The van der Waals surface area contributed by atoms with E-state index in [2.05, 4.69) is 238 Å². The second-order valence-corrected chi connectivity index (χ2v) is 29.5. The molecule has 1 unspecified atom stereocenters. The molecule has 0 fully saturated rings. The fourth-order valence-electron chi connectivity index (χ4n) is 16.2. The summed E-state index contributed by atoms with van der Waals surface area (Å²) >= 11 is 2.50. The number of benzene rings is 10. The SMILES string of the molecule is Cc1c(C)c(C)c2c(c1C)Cc1c(C)c(C)c(C)c(C)c1N2.O=[P+]([O-])O[O-].[C-]#[N+]c1cc(F)ccc1-c1ccc(F)cc1C#N.[C-]#[N+]c1cc(N2c3c(C)c(C)c(C)c(C)c3Cc3c(C)c(C)c(C)c(C)c32)ccc1-c1ccc(N2c3c(C)c(C)c(C)c(C)c3Cc3c(C)c(C)c(C)c(C)c32)cc1C#N.[K+].[K][K]. The van der Waals surface area contributed by atoms with Gasteiger partial charge in [-0.25, -0.2) is 23.1 Å². The molecule has 10 aromatic carbocycles. The molecule has 0 bridgehead atoms. The third-order valence-corrected chi connectivity index (χ3v) is 24.7. The Morgan fingerprint density at radius 1 is 0.398 bits per heavy atom. The Morgan fingerprint density at radius 2 is 0.648 bits per heavy atom. The summed E-state index contributed by atoms with van der Waals surface area (Å²) in [4.78, 5) is 21.2. The molecule has 3 aliphatic heterocycles. The quantitative estimate of drug-likeness (QED) is 0.0585. The second-order valence-electron chi connectivity index (χ2n) is 28.9. The van der Waals surface area contributed by atoms with Crippen molar-refractivity contribution < 1.29 is 79.6 Å².